The van der Waals surface area contributed by atoms with E-state index in [9.17, 15) is 37.1 Å². The van der Waals surface area contributed by atoms with Gasteiger partial charge >= 0.3 is 18.4 Å². The first-order valence-corrected chi connectivity index (χ1v) is 17.0. The Bertz CT molecular complexity index is 1830. The first-order valence-electron chi connectivity index (χ1n) is 16.6. The summed E-state index contributed by atoms with van der Waals surface area (Å²) in [5, 5.41) is 15.8. The minimum atomic E-state index is -5.41. The average Bonchev–Trinajstić information content (AvgIpc) is 3.04. The molecule has 1 heterocycles. The molecule has 3 N–H and O–H groups in total. The Morgan fingerprint density at radius 1 is 0.926 bits per heavy atom. The van der Waals surface area contributed by atoms with Crippen LogP contribution in [0.1, 0.15) is 77.0 Å². The van der Waals surface area contributed by atoms with E-state index in [1.807, 2.05) is 0 Å². The van der Waals surface area contributed by atoms with E-state index in [0.717, 1.165) is 18.2 Å². The zero-order valence-corrected chi connectivity index (χ0v) is 32.0. The third kappa shape index (κ3) is 11.6. The molecule has 0 aliphatic rings. The number of hydrogen-bond acceptors (Lipinski definition) is 10. The lowest BCUT2D eigenvalue weighted by molar-refractivity contribution is -0.265. The van der Waals surface area contributed by atoms with Gasteiger partial charge in [-0.25, -0.2) is 19.0 Å². The molecule has 3 aromatic rings. The number of hydrogen-bond donors (Lipinski definition) is 3. The third-order valence-corrected chi connectivity index (χ3v) is 7.79. The topological polar surface area (TPSA) is 155 Å². The molecule has 54 heavy (non-hydrogen) atoms. The molecule has 17 heteroatoms. The second-order valence-corrected chi connectivity index (χ2v) is 14.5. The maximum absolute atomic E-state index is 14.9. The van der Waals surface area contributed by atoms with E-state index < -0.39 is 71.3 Å². The average molecular weight is 786 g/mol. The molecular weight excluding hydrogens is 742 g/mol. The number of methoxy groups -OCH3 is 1. The van der Waals surface area contributed by atoms with Crippen LogP contribution < -0.4 is 20.1 Å². The molecule has 2 unspecified atom stereocenters. The van der Waals surface area contributed by atoms with Gasteiger partial charge in [0.05, 0.1) is 41.7 Å². The molecule has 2 amide bonds. The molecule has 0 fully saturated rings. The second kappa shape index (κ2) is 17.1. The van der Waals surface area contributed by atoms with Crippen LogP contribution in [-0.2, 0) is 25.4 Å². The Morgan fingerprint density at radius 3 is 2.17 bits per heavy atom. The highest BCUT2D eigenvalue weighted by molar-refractivity contribution is 6.31. The van der Waals surface area contributed by atoms with Gasteiger partial charge in [0.15, 0.2) is 11.5 Å². The van der Waals surface area contributed by atoms with Crippen LogP contribution in [0.3, 0.4) is 0 Å². The first kappa shape index (κ1) is 43.6. The van der Waals surface area contributed by atoms with Gasteiger partial charge in [-0.3, -0.25) is 4.79 Å². The lowest BCUT2D eigenvalue weighted by Gasteiger charge is -2.33. The van der Waals surface area contributed by atoms with Gasteiger partial charge in [-0.15, -0.1) is 0 Å². The molecule has 296 valence electrons. The summed E-state index contributed by atoms with van der Waals surface area (Å²) in [6, 6.07) is 9.44. The molecule has 0 aliphatic carbocycles. The number of pyridine rings is 1. The molecular formula is C37H44ClF4N3O9. The predicted molar refractivity (Wildman–Crippen MR) is 190 cm³/mol. The largest absolute Gasteiger partial charge is 0.508 e. The SMILES string of the molecule is COc1cc(C(=O)NCC(O)(c2cc(C(C)(C)NC(=O)OC(C)(C)C)cc(-c3ccc(F)c(Cl)c3)n2)C(F)(F)F)ccc1OCC(C)OC(=O)OC(C)C. The Labute approximate surface area is 315 Å². The van der Waals surface area contributed by atoms with Crippen LogP contribution in [0.25, 0.3) is 11.3 Å². The Morgan fingerprint density at radius 2 is 1.59 bits per heavy atom. The number of alkyl halides is 3. The maximum Gasteiger partial charge on any atom is 0.508 e. The van der Waals surface area contributed by atoms with Crippen molar-refractivity contribution in [1.29, 1.82) is 0 Å². The van der Waals surface area contributed by atoms with Gasteiger partial charge in [0.25, 0.3) is 5.91 Å². The summed E-state index contributed by atoms with van der Waals surface area (Å²) < 4.78 is 85.0. The molecule has 2 atom stereocenters. The molecule has 1 aromatic heterocycles. The molecule has 0 bridgehead atoms. The number of nitrogens with one attached hydrogen (secondary N) is 2. The number of amides is 2. The number of nitrogens with zero attached hydrogens (tertiary/aromatic N) is 1. The van der Waals surface area contributed by atoms with Crippen LogP contribution in [0.4, 0.5) is 27.2 Å². The van der Waals surface area contributed by atoms with E-state index in [0.29, 0.717) is 0 Å². The van der Waals surface area contributed by atoms with E-state index in [1.54, 1.807) is 41.5 Å². The van der Waals surface area contributed by atoms with Crippen LogP contribution in [-0.4, -0.2) is 72.5 Å². The predicted octanol–water partition coefficient (Wildman–Crippen LogP) is 7.82. The van der Waals surface area contributed by atoms with Crippen LogP contribution >= 0.6 is 11.6 Å². The standard InChI is InChI=1S/C37H44ClF4N3O9/c1-20(2)52-33(48)53-21(3)18-51-28-13-11-23(15-29(28)50-9)31(46)43-19-36(49,37(40,41)42)30-17-24(35(7,8)45-32(47)54-34(4,5)6)16-27(44-30)22-10-12-26(39)25(38)14-22/h10-17,20-21,49H,18-19H2,1-9H3,(H,43,46)(H,45,47). The van der Waals surface area contributed by atoms with E-state index in [1.165, 1.54) is 51.3 Å². The minimum absolute atomic E-state index is 0.0300. The first-order chi connectivity index (χ1) is 24.8. The molecule has 12 nitrogen and oxygen atoms in total. The van der Waals surface area contributed by atoms with E-state index in [2.05, 4.69) is 15.6 Å². The van der Waals surface area contributed by atoms with Gasteiger partial charge in [-0.1, -0.05) is 11.6 Å². The number of aromatic nitrogens is 1. The smallest absolute Gasteiger partial charge is 0.493 e. The Hall–Kier alpha value is -4.83. The highest BCUT2D eigenvalue weighted by atomic mass is 35.5. The Kier molecular flexibility index (Phi) is 13.8. The van der Waals surface area contributed by atoms with E-state index in [4.69, 9.17) is 35.3 Å². The van der Waals surface area contributed by atoms with Gasteiger partial charge in [0.2, 0.25) is 5.60 Å². The minimum Gasteiger partial charge on any atom is -0.493 e. The van der Waals surface area contributed by atoms with Gasteiger partial charge in [-0.2, -0.15) is 13.2 Å². The normalized spacial score (nSPS) is 13.7. The van der Waals surface area contributed by atoms with E-state index >= 15 is 0 Å². The summed E-state index contributed by atoms with van der Waals surface area (Å²) in [6.45, 7) is 11.2. The van der Waals surface area contributed by atoms with Crippen molar-refractivity contribution in [1.82, 2.24) is 15.6 Å². The Balaban J connectivity index is 1.97. The van der Waals surface area contributed by atoms with Crippen molar-refractivity contribution >= 4 is 29.8 Å². The molecule has 0 aliphatic heterocycles. The van der Waals surface area contributed by atoms with E-state index in [-0.39, 0.29) is 45.5 Å². The van der Waals surface area contributed by atoms with Crippen molar-refractivity contribution < 1.29 is 60.7 Å². The fourth-order valence-electron chi connectivity index (χ4n) is 4.74. The summed E-state index contributed by atoms with van der Waals surface area (Å²) in [7, 11) is 1.27. The maximum atomic E-state index is 14.9. The molecule has 2 aromatic carbocycles. The van der Waals surface area contributed by atoms with Gasteiger partial charge < -0.3 is 39.4 Å². The van der Waals surface area contributed by atoms with Crippen molar-refractivity contribution in [2.75, 3.05) is 20.3 Å². The van der Waals surface area contributed by atoms with Crippen molar-refractivity contribution in [3.05, 3.63) is 76.2 Å². The number of rotatable bonds is 13. The quantitative estimate of drug-likeness (QED) is 0.115. The van der Waals surface area contributed by atoms with Crippen molar-refractivity contribution in [2.45, 2.75) is 90.5 Å². The molecule has 0 radical (unpaired) electrons. The summed E-state index contributed by atoms with van der Waals surface area (Å²) in [5.41, 5.74) is -7.23. The summed E-state index contributed by atoms with van der Waals surface area (Å²) in [4.78, 5) is 41.8. The van der Waals surface area contributed by atoms with Crippen molar-refractivity contribution in [3.8, 4) is 22.8 Å². The number of aliphatic hydroxyl groups is 1. The van der Waals surface area contributed by atoms with Crippen molar-refractivity contribution in [3.63, 3.8) is 0 Å². The molecule has 0 spiro atoms. The summed E-state index contributed by atoms with van der Waals surface area (Å²) >= 11 is 5.97. The van der Waals surface area contributed by atoms with Crippen LogP contribution in [0.2, 0.25) is 5.02 Å². The van der Waals surface area contributed by atoms with Gasteiger partial charge in [0.1, 0.15) is 24.1 Å². The summed E-state index contributed by atoms with van der Waals surface area (Å²) in [5.74, 6) is -1.65. The highest BCUT2D eigenvalue weighted by Crippen LogP contribution is 2.40. The highest BCUT2D eigenvalue weighted by Gasteiger charge is 2.57. The van der Waals surface area contributed by atoms with Crippen molar-refractivity contribution in [2.24, 2.45) is 0 Å². The summed E-state index contributed by atoms with van der Waals surface area (Å²) in [6.07, 6.45) is -8.32. The molecule has 3 rings (SSSR count). The van der Waals surface area contributed by atoms with Gasteiger partial charge in [0, 0.05) is 11.1 Å². The molecule has 0 saturated heterocycles. The van der Waals surface area contributed by atoms with Gasteiger partial charge in [-0.05, 0) is 109 Å². The number of carbonyl (C=O) groups is 3. The monoisotopic (exact) mass is 785 g/mol. The van der Waals surface area contributed by atoms with Crippen LogP contribution in [0, 0.1) is 5.82 Å². The lowest BCUT2D eigenvalue weighted by atomic mass is 9.88. The lowest BCUT2D eigenvalue weighted by Crippen LogP contribution is -2.52. The fraction of sp³-hybridized carbons (Fsp3) is 0.459. The van der Waals surface area contributed by atoms with Crippen LogP contribution in [0.5, 0.6) is 11.5 Å². The second-order valence-electron chi connectivity index (χ2n) is 14.1. The number of halogens is 5. The number of alkyl carbamates (subject to hydrolysis) is 1. The zero-order chi connectivity index (χ0) is 40.8. The number of carbonyl (C=O) groups excluding carboxylic acids is 3. The fourth-order valence-corrected chi connectivity index (χ4v) is 4.92. The number of ether oxygens (including phenoxy) is 5. The van der Waals surface area contributed by atoms with Crippen LogP contribution in [0.15, 0.2) is 48.5 Å². The number of benzene rings is 2. The third-order valence-electron chi connectivity index (χ3n) is 7.50. The molecule has 0 saturated carbocycles. The zero-order valence-electron chi connectivity index (χ0n) is 31.2.